The van der Waals surface area contributed by atoms with Gasteiger partial charge in [-0.05, 0) is 55.0 Å². The van der Waals surface area contributed by atoms with Crippen LogP contribution in [0.3, 0.4) is 0 Å². The molecule has 29 heavy (non-hydrogen) atoms. The van der Waals surface area contributed by atoms with Gasteiger partial charge in [0.05, 0.1) is 13.1 Å². The number of carbonyl (C=O) groups is 1. The van der Waals surface area contributed by atoms with E-state index in [4.69, 9.17) is 4.42 Å². The third kappa shape index (κ3) is 5.02. The highest BCUT2D eigenvalue weighted by molar-refractivity contribution is 5.78. The van der Waals surface area contributed by atoms with Gasteiger partial charge in [-0.15, -0.1) is 0 Å². The largest absolute Gasteiger partial charge is 0.464 e. The Morgan fingerprint density at radius 2 is 1.72 bits per heavy atom. The van der Waals surface area contributed by atoms with Gasteiger partial charge in [0, 0.05) is 45.3 Å². The molecule has 0 spiro atoms. The molecule has 2 aliphatic carbocycles. The molecule has 0 aliphatic heterocycles. The number of nitrogens with zero attached hydrogens (tertiary/aromatic N) is 3. The van der Waals surface area contributed by atoms with Gasteiger partial charge in [0.15, 0.2) is 0 Å². The lowest BCUT2D eigenvalue weighted by Crippen LogP contribution is -2.38. The van der Waals surface area contributed by atoms with Gasteiger partial charge in [-0.25, -0.2) is 0 Å². The van der Waals surface area contributed by atoms with E-state index >= 15 is 0 Å². The summed E-state index contributed by atoms with van der Waals surface area (Å²) in [7, 11) is 5.96. The van der Waals surface area contributed by atoms with Crippen LogP contribution < -0.4 is 4.90 Å². The second-order valence-electron chi connectivity index (χ2n) is 9.07. The number of rotatable bonds is 9. The van der Waals surface area contributed by atoms with Gasteiger partial charge < -0.3 is 14.2 Å². The zero-order valence-corrected chi connectivity index (χ0v) is 18.1. The molecule has 1 aromatic heterocycles. The molecule has 1 heterocycles. The summed E-state index contributed by atoms with van der Waals surface area (Å²) < 4.78 is 6.08. The Kier molecular flexibility index (Phi) is 5.68. The Bertz CT molecular complexity index is 838. The normalized spacial score (nSPS) is 20.7. The molecular formula is C24H33N3O2. The van der Waals surface area contributed by atoms with Gasteiger partial charge in [-0.1, -0.05) is 19.1 Å². The van der Waals surface area contributed by atoms with E-state index in [1.165, 1.54) is 24.9 Å². The zero-order valence-electron chi connectivity index (χ0n) is 18.1. The molecule has 2 aromatic rings. The highest BCUT2D eigenvalue weighted by Gasteiger charge is 2.37. The van der Waals surface area contributed by atoms with Crippen molar-refractivity contribution in [2.24, 2.45) is 5.92 Å². The Balaban J connectivity index is 1.32. The van der Waals surface area contributed by atoms with Crippen LogP contribution >= 0.6 is 0 Å². The molecule has 0 N–H and O–H groups in total. The number of benzene rings is 1. The first-order valence-corrected chi connectivity index (χ1v) is 10.7. The number of furan rings is 1. The zero-order chi connectivity index (χ0) is 20.5. The van der Waals surface area contributed by atoms with Crippen molar-refractivity contribution in [1.82, 2.24) is 9.80 Å². The van der Waals surface area contributed by atoms with Crippen LogP contribution in [0.25, 0.3) is 0 Å². The van der Waals surface area contributed by atoms with Crippen LogP contribution in [-0.2, 0) is 17.9 Å². The smallest absolute Gasteiger partial charge is 0.236 e. The molecule has 1 amide bonds. The topological polar surface area (TPSA) is 39.9 Å². The molecule has 0 bridgehead atoms. The summed E-state index contributed by atoms with van der Waals surface area (Å²) in [4.78, 5) is 19.1. The minimum Gasteiger partial charge on any atom is -0.464 e. The molecule has 2 aliphatic rings. The fourth-order valence-electron chi connectivity index (χ4n) is 3.91. The van der Waals surface area contributed by atoms with Crippen LogP contribution in [-0.4, -0.2) is 49.4 Å². The molecule has 2 atom stereocenters. The highest BCUT2D eigenvalue weighted by atomic mass is 16.3. The number of hydrogen-bond acceptors (Lipinski definition) is 4. The van der Waals surface area contributed by atoms with Gasteiger partial charge in [0.2, 0.25) is 5.91 Å². The van der Waals surface area contributed by atoms with Crippen molar-refractivity contribution in [3.8, 4) is 0 Å². The van der Waals surface area contributed by atoms with E-state index in [1.54, 1.807) is 0 Å². The van der Waals surface area contributed by atoms with Gasteiger partial charge in [-0.3, -0.25) is 9.69 Å². The molecule has 5 nitrogen and oxygen atoms in total. The summed E-state index contributed by atoms with van der Waals surface area (Å²) in [6.45, 7) is 4.08. The van der Waals surface area contributed by atoms with Crippen molar-refractivity contribution >= 4 is 11.6 Å². The number of carbonyl (C=O) groups excluding carboxylic acids is 1. The van der Waals surface area contributed by atoms with Crippen molar-refractivity contribution in [2.45, 2.75) is 51.2 Å². The third-order valence-electron chi connectivity index (χ3n) is 6.22. The van der Waals surface area contributed by atoms with Crippen LogP contribution in [0.5, 0.6) is 0 Å². The molecule has 1 aromatic carbocycles. The molecule has 156 valence electrons. The number of amides is 1. The lowest BCUT2D eigenvalue weighted by Gasteiger charge is -2.24. The van der Waals surface area contributed by atoms with E-state index in [-0.39, 0.29) is 5.91 Å². The predicted octanol–water partition coefficient (Wildman–Crippen LogP) is 4.09. The maximum absolute atomic E-state index is 12.9. The first kappa shape index (κ1) is 20.0. The first-order chi connectivity index (χ1) is 13.9. The van der Waals surface area contributed by atoms with E-state index in [1.807, 2.05) is 26.0 Å². The minimum absolute atomic E-state index is 0.163. The maximum Gasteiger partial charge on any atom is 0.236 e. The molecule has 0 radical (unpaired) electrons. The molecule has 2 unspecified atom stereocenters. The fourth-order valence-corrected chi connectivity index (χ4v) is 3.91. The quantitative estimate of drug-likeness (QED) is 0.641. The molecule has 2 fully saturated rings. The number of hydrogen-bond donors (Lipinski definition) is 0. The van der Waals surface area contributed by atoms with Crippen LogP contribution in [0.15, 0.2) is 40.8 Å². The van der Waals surface area contributed by atoms with E-state index < -0.39 is 0 Å². The molecule has 0 saturated heterocycles. The second kappa shape index (κ2) is 8.23. The van der Waals surface area contributed by atoms with Crippen molar-refractivity contribution in [2.75, 3.05) is 32.6 Å². The van der Waals surface area contributed by atoms with Crippen molar-refractivity contribution in [3.63, 3.8) is 0 Å². The Morgan fingerprint density at radius 1 is 1.03 bits per heavy atom. The summed E-state index contributed by atoms with van der Waals surface area (Å²) in [6.07, 6.45) is 3.59. The van der Waals surface area contributed by atoms with Crippen LogP contribution in [0.2, 0.25) is 0 Å². The van der Waals surface area contributed by atoms with Gasteiger partial charge >= 0.3 is 0 Å². The van der Waals surface area contributed by atoms with Crippen molar-refractivity contribution in [3.05, 3.63) is 53.5 Å². The monoisotopic (exact) mass is 395 g/mol. The van der Waals surface area contributed by atoms with Gasteiger partial charge in [0.25, 0.3) is 0 Å². The van der Waals surface area contributed by atoms with E-state index in [2.05, 4.69) is 53.1 Å². The van der Waals surface area contributed by atoms with E-state index in [9.17, 15) is 4.79 Å². The summed E-state index contributed by atoms with van der Waals surface area (Å²) >= 11 is 0. The van der Waals surface area contributed by atoms with E-state index in [0.29, 0.717) is 25.0 Å². The molecular weight excluding hydrogens is 362 g/mol. The predicted molar refractivity (Wildman–Crippen MR) is 116 cm³/mol. The van der Waals surface area contributed by atoms with Crippen LogP contribution in [0, 0.1) is 5.92 Å². The standard InChI is InChI=1S/C24H33N3O2/c1-17-13-22(17)23-12-11-21(29-23)15-27(20-9-10-20)16-24(28)26(4)14-18-5-7-19(8-6-18)25(2)3/h5-8,11-12,17,20,22H,9-10,13-16H2,1-4H3. The van der Waals surface area contributed by atoms with E-state index in [0.717, 1.165) is 29.5 Å². The summed E-state index contributed by atoms with van der Waals surface area (Å²) in [5, 5.41) is 0. The fraction of sp³-hybridized carbons (Fsp3) is 0.542. The first-order valence-electron chi connectivity index (χ1n) is 10.7. The van der Waals surface area contributed by atoms with Crippen molar-refractivity contribution in [1.29, 1.82) is 0 Å². The molecule has 4 rings (SSSR count). The molecule has 5 heteroatoms. The summed E-state index contributed by atoms with van der Waals surface area (Å²) in [5.74, 6) is 3.62. The van der Waals surface area contributed by atoms with Crippen molar-refractivity contribution < 1.29 is 9.21 Å². The Labute approximate surface area is 174 Å². The average Bonchev–Trinajstić information content (AvgIpc) is 3.61. The SMILES string of the molecule is CC1CC1c1ccc(CN(CC(=O)N(C)Cc2ccc(N(C)C)cc2)C2CC2)o1. The third-order valence-corrected chi connectivity index (χ3v) is 6.22. The minimum atomic E-state index is 0.163. The highest BCUT2D eigenvalue weighted by Crippen LogP contribution is 2.47. The lowest BCUT2D eigenvalue weighted by molar-refractivity contribution is -0.132. The Hall–Kier alpha value is -2.27. The van der Waals surface area contributed by atoms with Crippen LogP contribution in [0.1, 0.15) is 49.2 Å². The van der Waals surface area contributed by atoms with Crippen LogP contribution in [0.4, 0.5) is 5.69 Å². The summed E-state index contributed by atoms with van der Waals surface area (Å²) in [6, 6.07) is 13.1. The van der Waals surface area contributed by atoms with Gasteiger partial charge in [0.1, 0.15) is 11.5 Å². The molecule has 2 saturated carbocycles. The number of anilines is 1. The Morgan fingerprint density at radius 3 is 2.31 bits per heavy atom. The van der Waals surface area contributed by atoms with Gasteiger partial charge in [-0.2, -0.15) is 0 Å². The number of likely N-dealkylation sites (N-methyl/N-ethyl adjacent to an activating group) is 1. The second-order valence-corrected chi connectivity index (χ2v) is 9.07. The maximum atomic E-state index is 12.9. The summed E-state index contributed by atoms with van der Waals surface area (Å²) in [5.41, 5.74) is 2.32. The lowest BCUT2D eigenvalue weighted by atomic mass is 10.2. The average molecular weight is 396 g/mol.